The number of anilines is 1. The van der Waals surface area contributed by atoms with Crippen LogP contribution in [0.25, 0.3) is 0 Å². The molecule has 0 saturated heterocycles. The molecule has 7 nitrogen and oxygen atoms in total. The second kappa shape index (κ2) is 9.65. The number of carbonyl (C=O) groups excluding carboxylic acids is 1. The number of rotatable bonds is 6. The van der Waals surface area contributed by atoms with Gasteiger partial charge in [0, 0.05) is 5.41 Å². The van der Waals surface area contributed by atoms with Gasteiger partial charge in [-0.3, -0.25) is 4.79 Å². The van der Waals surface area contributed by atoms with E-state index >= 15 is 0 Å². The van der Waals surface area contributed by atoms with Crippen LogP contribution >= 0.6 is 11.8 Å². The molecule has 1 heterocycles. The number of carbonyl (C=O) groups is 1. The number of nitrogens with two attached hydrogens (primary N) is 1. The Kier molecular flexibility index (Phi) is 7.11. The molecular weight excluding hydrogens is 453 g/mol. The quantitative estimate of drug-likeness (QED) is 0.245. The van der Waals surface area contributed by atoms with Gasteiger partial charge in [-0.05, 0) is 23.8 Å². The minimum absolute atomic E-state index is 0.00722. The van der Waals surface area contributed by atoms with E-state index in [1.54, 1.807) is 24.3 Å². The average molecular weight is 477 g/mol. The molecule has 11 heteroatoms. The van der Waals surface area contributed by atoms with E-state index in [4.69, 9.17) is 5.84 Å². The van der Waals surface area contributed by atoms with Crippen molar-refractivity contribution in [2.45, 2.75) is 37.5 Å². The second-order valence-electron chi connectivity index (χ2n) is 8.12. The molecule has 33 heavy (non-hydrogen) atoms. The van der Waals surface area contributed by atoms with Crippen LogP contribution in [0.4, 0.5) is 18.9 Å². The van der Waals surface area contributed by atoms with E-state index in [-0.39, 0.29) is 16.9 Å². The Morgan fingerprint density at radius 1 is 1.12 bits per heavy atom. The molecule has 3 rings (SSSR count). The third-order valence-electron chi connectivity index (χ3n) is 4.44. The summed E-state index contributed by atoms with van der Waals surface area (Å²) in [5.41, 5.74) is -0.551. The van der Waals surface area contributed by atoms with Crippen molar-refractivity contribution < 1.29 is 18.0 Å². The van der Waals surface area contributed by atoms with Crippen LogP contribution in [0.5, 0.6) is 0 Å². The molecule has 0 saturated carbocycles. The zero-order valence-corrected chi connectivity index (χ0v) is 19.1. The highest BCUT2D eigenvalue weighted by molar-refractivity contribution is 7.99. The highest BCUT2D eigenvalue weighted by Crippen LogP contribution is 2.32. The molecule has 1 amide bonds. The molecule has 2 aromatic carbocycles. The summed E-state index contributed by atoms with van der Waals surface area (Å²) in [4.78, 5) is 13.0. The minimum Gasteiger partial charge on any atom is -0.336 e. The van der Waals surface area contributed by atoms with Crippen molar-refractivity contribution in [2.75, 3.05) is 16.6 Å². The van der Waals surface area contributed by atoms with E-state index < -0.39 is 17.6 Å². The lowest BCUT2D eigenvalue weighted by Crippen LogP contribution is -2.28. The van der Waals surface area contributed by atoms with Gasteiger partial charge in [-0.25, -0.2) is 9.69 Å². The Bertz CT molecular complexity index is 1140. The number of nitrogen functional groups attached to an aromatic ring is 1. The van der Waals surface area contributed by atoms with Crippen molar-refractivity contribution in [1.82, 2.24) is 14.9 Å². The molecule has 174 valence electrons. The number of amides is 1. The Morgan fingerprint density at radius 3 is 2.42 bits per heavy atom. The molecule has 0 aliphatic heterocycles. The van der Waals surface area contributed by atoms with Crippen molar-refractivity contribution in [3.05, 3.63) is 71.5 Å². The van der Waals surface area contributed by atoms with E-state index in [2.05, 4.69) is 15.3 Å². The number of nitrogens with zero attached hydrogens (tertiary/aromatic N) is 5. The zero-order chi connectivity index (χ0) is 24.2. The maximum atomic E-state index is 13.2. The number of halogens is 3. The number of alkyl halides is 3. The fourth-order valence-corrected chi connectivity index (χ4v) is 3.53. The van der Waals surface area contributed by atoms with E-state index in [9.17, 15) is 18.0 Å². The maximum absolute atomic E-state index is 13.2. The molecule has 0 bridgehead atoms. The van der Waals surface area contributed by atoms with Crippen LogP contribution in [0.2, 0.25) is 0 Å². The largest absolute Gasteiger partial charge is 0.416 e. The zero-order valence-electron chi connectivity index (χ0n) is 18.2. The first-order valence-corrected chi connectivity index (χ1v) is 10.9. The minimum atomic E-state index is -4.55. The second-order valence-corrected chi connectivity index (χ2v) is 9.07. The van der Waals surface area contributed by atoms with Crippen LogP contribution in [0.1, 0.15) is 37.7 Å². The highest BCUT2D eigenvalue weighted by Gasteiger charge is 2.31. The first-order valence-electron chi connectivity index (χ1n) is 9.90. The van der Waals surface area contributed by atoms with Gasteiger partial charge < -0.3 is 5.84 Å². The van der Waals surface area contributed by atoms with Gasteiger partial charge >= 0.3 is 6.18 Å². The summed E-state index contributed by atoms with van der Waals surface area (Å²) in [7, 11) is 0. The predicted octanol–water partition coefficient (Wildman–Crippen LogP) is 4.47. The molecule has 0 unspecified atom stereocenters. The standard InChI is InChI=1S/C22H23F3N6OS/c1-21(2,3)19-28-29-20(30(19)26)33-14-18(32)31(27-13-15-8-5-4-6-9-15)17-11-7-10-16(12-17)22(23,24)25/h4-13H,14,26H2,1-3H3/b27-13+. The summed E-state index contributed by atoms with van der Waals surface area (Å²) in [6, 6.07) is 13.4. The Balaban J connectivity index is 1.87. The molecule has 0 fully saturated rings. The molecular formula is C22H23F3N6OS. The third-order valence-corrected chi connectivity index (χ3v) is 5.36. The number of benzene rings is 2. The van der Waals surface area contributed by atoms with Crippen molar-refractivity contribution in [3.63, 3.8) is 0 Å². The Morgan fingerprint density at radius 2 is 1.82 bits per heavy atom. The first kappa shape index (κ1) is 24.3. The normalized spacial score (nSPS) is 12.3. The van der Waals surface area contributed by atoms with E-state index in [0.29, 0.717) is 16.5 Å². The summed E-state index contributed by atoms with van der Waals surface area (Å²) in [5, 5.41) is 13.5. The molecule has 0 atom stereocenters. The number of hydrogen-bond donors (Lipinski definition) is 1. The van der Waals surface area contributed by atoms with E-state index in [1.807, 2.05) is 26.8 Å². The highest BCUT2D eigenvalue weighted by atomic mass is 32.2. The maximum Gasteiger partial charge on any atom is 0.416 e. The third kappa shape index (κ3) is 6.13. The first-order chi connectivity index (χ1) is 15.5. The Labute approximate surface area is 193 Å². The summed E-state index contributed by atoms with van der Waals surface area (Å²) in [6.07, 6.45) is -3.14. The lowest BCUT2D eigenvalue weighted by Gasteiger charge is -2.19. The number of aromatic nitrogens is 3. The Hall–Kier alpha value is -3.34. The van der Waals surface area contributed by atoms with Crippen LogP contribution in [0, 0.1) is 0 Å². The molecule has 3 aromatic rings. The summed E-state index contributed by atoms with van der Waals surface area (Å²) in [6.45, 7) is 5.77. The monoisotopic (exact) mass is 476 g/mol. The number of thioether (sulfide) groups is 1. The summed E-state index contributed by atoms with van der Waals surface area (Å²) < 4.78 is 41.0. The lowest BCUT2D eigenvalue weighted by atomic mass is 9.96. The van der Waals surface area contributed by atoms with Gasteiger partial charge in [-0.2, -0.15) is 18.3 Å². The van der Waals surface area contributed by atoms with Crippen LogP contribution < -0.4 is 10.9 Å². The predicted molar refractivity (Wildman–Crippen MR) is 123 cm³/mol. The fourth-order valence-electron chi connectivity index (χ4n) is 2.83. The summed E-state index contributed by atoms with van der Waals surface area (Å²) in [5.74, 6) is 5.88. The van der Waals surface area contributed by atoms with Gasteiger partial charge in [0.15, 0.2) is 5.82 Å². The number of hydrazone groups is 1. The van der Waals surface area contributed by atoms with Gasteiger partial charge in [-0.1, -0.05) is 68.9 Å². The van der Waals surface area contributed by atoms with Crippen LogP contribution in [-0.2, 0) is 16.4 Å². The lowest BCUT2D eigenvalue weighted by molar-refractivity contribution is -0.137. The molecule has 1 aromatic heterocycles. The topological polar surface area (TPSA) is 89.4 Å². The van der Waals surface area contributed by atoms with Gasteiger partial charge in [0.1, 0.15) is 0 Å². The van der Waals surface area contributed by atoms with Gasteiger partial charge in [0.05, 0.1) is 23.2 Å². The van der Waals surface area contributed by atoms with Crippen molar-refractivity contribution >= 4 is 29.6 Å². The van der Waals surface area contributed by atoms with Crippen molar-refractivity contribution in [2.24, 2.45) is 5.10 Å². The molecule has 0 aliphatic rings. The van der Waals surface area contributed by atoms with E-state index in [0.717, 1.165) is 28.9 Å². The van der Waals surface area contributed by atoms with Crippen LogP contribution in [0.3, 0.4) is 0 Å². The van der Waals surface area contributed by atoms with Gasteiger partial charge in [0.2, 0.25) is 5.16 Å². The van der Waals surface area contributed by atoms with Crippen molar-refractivity contribution in [3.8, 4) is 0 Å². The smallest absolute Gasteiger partial charge is 0.336 e. The van der Waals surface area contributed by atoms with Crippen LogP contribution in [0.15, 0.2) is 64.9 Å². The van der Waals surface area contributed by atoms with Gasteiger partial charge in [0.25, 0.3) is 5.91 Å². The summed E-state index contributed by atoms with van der Waals surface area (Å²) >= 11 is 1.02. The molecule has 0 radical (unpaired) electrons. The van der Waals surface area contributed by atoms with Crippen molar-refractivity contribution in [1.29, 1.82) is 0 Å². The van der Waals surface area contributed by atoms with E-state index in [1.165, 1.54) is 23.0 Å². The SMILES string of the molecule is CC(C)(C)c1nnc(SCC(=O)N(/N=C/c2ccccc2)c2cccc(C(F)(F)F)c2)n1N. The molecule has 2 N–H and O–H groups in total. The average Bonchev–Trinajstić information content (AvgIpc) is 3.13. The van der Waals surface area contributed by atoms with Gasteiger partial charge in [-0.15, -0.1) is 10.2 Å². The molecule has 0 aliphatic carbocycles. The number of hydrogen-bond acceptors (Lipinski definition) is 6. The molecule has 0 spiro atoms. The fraction of sp³-hybridized carbons (Fsp3) is 0.273. The van der Waals surface area contributed by atoms with Crippen LogP contribution in [-0.4, -0.2) is 32.7 Å².